The van der Waals surface area contributed by atoms with Crippen LogP contribution in [-0.4, -0.2) is 38.3 Å². The van der Waals surface area contributed by atoms with Crippen molar-refractivity contribution in [3.05, 3.63) is 53.2 Å². The number of rotatable bonds is 5. The predicted octanol–water partition coefficient (Wildman–Crippen LogP) is 5.22. The van der Waals surface area contributed by atoms with Crippen molar-refractivity contribution in [1.29, 1.82) is 0 Å². The number of carbonyl (C=O) groups is 1. The third kappa shape index (κ3) is 4.59. The Kier molecular flexibility index (Phi) is 6.42. The van der Waals surface area contributed by atoms with Crippen molar-refractivity contribution < 1.29 is 32.2 Å². The van der Waals surface area contributed by atoms with E-state index in [-0.39, 0.29) is 28.5 Å². The number of hydrogen-bond acceptors (Lipinski definition) is 4. The van der Waals surface area contributed by atoms with Crippen molar-refractivity contribution in [2.75, 3.05) is 6.61 Å². The number of halogens is 5. The van der Waals surface area contributed by atoms with Crippen LogP contribution in [0.5, 0.6) is 0 Å². The lowest BCUT2D eigenvalue weighted by Crippen LogP contribution is -2.21. The molecule has 0 unspecified atom stereocenters. The van der Waals surface area contributed by atoms with Gasteiger partial charge >= 0.3 is 12.3 Å². The van der Waals surface area contributed by atoms with Crippen molar-refractivity contribution in [3.8, 4) is 22.4 Å². The highest BCUT2D eigenvalue weighted by Crippen LogP contribution is 2.40. The Hall–Kier alpha value is -2.85. The average molecular weight is 460 g/mol. The topological polar surface area (TPSA) is 69.3 Å². The Morgan fingerprint density at radius 3 is 2.65 bits per heavy atom. The number of aromatic nitrogens is 3. The van der Waals surface area contributed by atoms with Gasteiger partial charge < -0.3 is 9.84 Å². The molecular weight excluding hydrogens is 442 g/mol. The van der Waals surface area contributed by atoms with Gasteiger partial charge in [-0.25, -0.2) is 9.18 Å². The predicted molar refractivity (Wildman–Crippen MR) is 105 cm³/mol. The van der Waals surface area contributed by atoms with Gasteiger partial charge in [-0.05, 0) is 32.0 Å². The molecule has 2 heterocycles. The van der Waals surface area contributed by atoms with Gasteiger partial charge in [-0.2, -0.15) is 18.3 Å². The highest BCUT2D eigenvalue weighted by atomic mass is 35.5. The van der Waals surface area contributed by atoms with E-state index in [1.807, 2.05) is 0 Å². The van der Waals surface area contributed by atoms with Crippen LogP contribution < -0.4 is 0 Å². The number of aliphatic hydroxyl groups is 1. The lowest BCUT2D eigenvalue weighted by molar-refractivity contribution is -0.144. The van der Waals surface area contributed by atoms with Crippen molar-refractivity contribution in [3.63, 3.8) is 0 Å². The zero-order chi connectivity index (χ0) is 22.9. The molecular formula is C20H18ClF4N3O3. The summed E-state index contributed by atoms with van der Waals surface area (Å²) in [7, 11) is 0. The molecule has 0 aliphatic rings. The van der Waals surface area contributed by atoms with Crippen LogP contribution in [0.25, 0.3) is 22.4 Å². The molecule has 0 aliphatic heterocycles. The van der Waals surface area contributed by atoms with Gasteiger partial charge in [0, 0.05) is 22.9 Å². The minimum Gasteiger partial charge on any atom is -0.449 e. The number of nitrogens with zero attached hydrogens (tertiary/aromatic N) is 3. The third-order valence-corrected chi connectivity index (χ3v) is 4.67. The Morgan fingerprint density at radius 2 is 2.06 bits per heavy atom. The van der Waals surface area contributed by atoms with E-state index in [4.69, 9.17) is 16.3 Å². The third-order valence-electron chi connectivity index (χ3n) is 4.36. The average Bonchev–Trinajstić information content (AvgIpc) is 3.25. The maximum atomic E-state index is 14.4. The summed E-state index contributed by atoms with van der Waals surface area (Å²) in [6.07, 6.45) is -4.81. The van der Waals surface area contributed by atoms with Crippen LogP contribution in [0, 0.1) is 5.82 Å². The monoisotopic (exact) mass is 459 g/mol. The summed E-state index contributed by atoms with van der Waals surface area (Å²) in [4.78, 5) is 12.5. The first-order chi connectivity index (χ1) is 14.5. The Labute approximate surface area is 179 Å². The summed E-state index contributed by atoms with van der Waals surface area (Å²) >= 11 is 6.09. The molecule has 0 bridgehead atoms. The summed E-state index contributed by atoms with van der Waals surface area (Å²) in [6, 6.07) is 5.15. The van der Waals surface area contributed by atoms with E-state index in [1.54, 1.807) is 0 Å². The summed E-state index contributed by atoms with van der Waals surface area (Å²) in [5.74, 6) is -0.707. The van der Waals surface area contributed by atoms with Crippen LogP contribution >= 0.6 is 11.6 Å². The smallest absolute Gasteiger partial charge is 0.433 e. The molecule has 3 rings (SSSR count). The summed E-state index contributed by atoms with van der Waals surface area (Å²) in [5.41, 5.74) is -1.79. The second-order valence-corrected chi connectivity index (χ2v) is 7.12. The van der Waals surface area contributed by atoms with E-state index in [0.29, 0.717) is 4.68 Å². The van der Waals surface area contributed by atoms with Crippen molar-refractivity contribution in [1.82, 2.24) is 14.3 Å². The Bertz CT molecular complexity index is 1090. The van der Waals surface area contributed by atoms with Gasteiger partial charge in [0.25, 0.3) is 0 Å². The highest BCUT2D eigenvalue weighted by Gasteiger charge is 2.40. The van der Waals surface area contributed by atoms with E-state index < -0.39 is 42.0 Å². The molecule has 0 fully saturated rings. The van der Waals surface area contributed by atoms with E-state index in [9.17, 15) is 27.5 Å². The first kappa shape index (κ1) is 22.8. The van der Waals surface area contributed by atoms with Gasteiger partial charge in [0.1, 0.15) is 5.82 Å². The van der Waals surface area contributed by atoms with Crippen LogP contribution in [0.4, 0.5) is 22.4 Å². The molecule has 0 saturated heterocycles. The van der Waals surface area contributed by atoms with E-state index in [1.165, 1.54) is 32.0 Å². The maximum Gasteiger partial charge on any atom is 0.433 e. The van der Waals surface area contributed by atoms with Gasteiger partial charge in [-0.1, -0.05) is 17.7 Å². The van der Waals surface area contributed by atoms with Gasteiger partial charge in [-0.3, -0.25) is 9.25 Å². The standard InChI is InChI=1S/C20H18ClF4N3O3/c1-3-31-19(30)27-10-12(17-14(21)5-4-6-15(17)22)7-16(27)13-8-26-28(9-11(2)29)18(13)20(23,24)25/h4-8,10-11,29H,3,9H2,1-2H3/t11-/m0/s1. The van der Waals surface area contributed by atoms with Crippen LogP contribution in [0.15, 0.2) is 36.7 Å². The van der Waals surface area contributed by atoms with Gasteiger partial charge in [0.2, 0.25) is 0 Å². The quantitative estimate of drug-likeness (QED) is 0.531. The van der Waals surface area contributed by atoms with Crippen molar-refractivity contribution in [2.45, 2.75) is 32.7 Å². The largest absolute Gasteiger partial charge is 0.449 e. The number of alkyl halides is 3. The lowest BCUT2D eigenvalue weighted by atomic mass is 10.1. The van der Waals surface area contributed by atoms with Crippen molar-refractivity contribution in [2.24, 2.45) is 0 Å². The Balaban J connectivity index is 2.27. The number of aliphatic hydroxyl groups excluding tert-OH is 1. The molecule has 2 aromatic heterocycles. The number of hydrogen-bond donors (Lipinski definition) is 1. The molecule has 6 nitrogen and oxygen atoms in total. The second-order valence-electron chi connectivity index (χ2n) is 6.72. The van der Waals surface area contributed by atoms with Gasteiger partial charge in [0.05, 0.1) is 36.2 Å². The fourth-order valence-corrected chi connectivity index (χ4v) is 3.46. The fraction of sp³-hybridized carbons (Fsp3) is 0.300. The molecule has 31 heavy (non-hydrogen) atoms. The van der Waals surface area contributed by atoms with Crippen LogP contribution in [0.1, 0.15) is 19.5 Å². The molecule has 0 radical (unpaired) electrons. The molecule has 0 amide bonds. The number of carbonyl (C=O) groups excluding carboxylic acids is 1. The van der Waals surface area contributed by atoms with Crippen LogP contribution in [-0.2, 0) is 17.5 Å². The van der Waals surface area contributed by atoms with Gasteiger partial charge in [0.15, 0.2) is 5.69 Å². The molecule has 3 aromatic rings. The molecule has 1 N–H and O–H groups in total. The minimum absolute atomic E-state index is 0.0217. The summed E-state index contributed by atoms with van der Waals surface area (Å²) in [5, 5.41) is 13.3. The summed E-state index contributed by atoms with van der Waals surface area (Å²) < 4.78 is 62.4. The minimum atomic E-state index is -4.85. The molecule has 166 valence electrons. The molecule has 1 atom stereocenters. The normalized spacial score (nSPS) is 12.8. The van der Waals surface area contributed by atoms with Crippen LogP contribution in [0.3, 0.4) is 0 Å². The maximum absolute atomic E-state index is 14.4. The molecule has 0 aliphatic carbocycles. The fourth-order valence-electron chi connectivity index (χ4n) is 3.19. The van der Waals surface area contributed by atoms with E-state index in [2.05, 4.69) is 5.10 Å². The zero-order valence-electron chi connectivity index (χ0n) is 16.5. The second kappa shape index (κ2) is 8.72. The number of ether oxygens (including phenoxy) is 1. The number of benzene rings is 1. The molecule has 1 aromatic carbocycles. The molecule has 0 spiro atoms. The van der Waals surface area contributed by atoms with E-state index >= 15 is 0 Å². The summed E-state index contributed by atoms with van der Waals surface area (Å²) in [6.45, 7) is 2.42. The SMILES string of the molecule is CCOC(=O)n1cc(-c2c(F)cccc2Cl)cc1-c1cnn(C[C@H](C)O)c1C(F)(F)F. The first-order valence-electron chi connectivity index (χ1n) is 9.19. The van der Waals surface area contributed by atoms with Gasteiger partial charge in [-0.15, -0.1) is 0 Å². The zero-order valence-corrected chi connectivity index (χ0v) is 17.2. The first-order valence-corrected chi connectivity index (χ1v) is 9.57. The van der Waals surface area contributed by atoms with E-state index in [0.717, 1.165) is 23.0 Å². The van der Waals surface area contributed by atoms with Crippen LogP contribution in [0.2, 0.25) is 5.02 Å². The Morgan fingerprint density at radius 1 is 1.35 bits per heavy atom. The molecule has 11 heteroatoms. The lowest BCUT2D eigenvalue weighted by Gasteiger charge is -2.14. The highest BCUT2D eigenvalue weighted by molar-refractivity contribution is 6.33. The molecule has 0 saturated carbocycles. The van der Waals surface area contributed by atoms with Crippen molar-refractivity contribution >= 4 is 17.7 Å².